The Balaban J connectivity index is 1.55. The average molecular weight is 552 g/mol. The Morgan fingerprint density at radius 3 is 1.83 bits per heavy atom. The molecule has 6 heteroatoms. The topological polar surface area (TPSA) is 65.1 Å². The Morgan fingerprint density at radius 2 is 1.27 bits per heavy atom. The Hall–Kier alpha value is -4.58. The maximum atomic E-state index is 13.5. The lowest BCUT2D eigenvalue weighted by molar-refractivity contribution is -0.122. The third-order valence-electron chi connectivity index (χ3n) is 7.26. The van der Waals surface area contributed by atoms with Crippen molar-refractivity contribution in [2.45, 2.75) is 38.3 Å². The molecule has 0 spiro atoms. The number of methoxy groups -OCH3 is 2. The first kappa shape index (κ1) is 29.4. The van der Waals surface area contributed by atoms with Crippen LogP contribution in [0.25, 0.3) is 0 Å². The number of ether oxygens (including phenoxy) is 3. The van der Waals surface area contributed by atoms with Gasteiger partial charge in [-0.2, -0.15) is 0 Å². The van der Waals surface area contributed by atoms with Crippen LogP contribution in [0.1, 0.15) is 41.5 Å². The Morgan fingerprint density at radius 1 is 0.707 bits per heavy atom. The Bertz CT molecular complexity index is 1350. The van der Waals surface area contributed by atoms with Crippen molar-refractivity contribution < 1.29 is 23.8 Å². The molecule has 0 heterocycles. The minimum Gasteiger partial charge on any atom is -0.493 e. The summed E-state index contributed by atoms with van der Waals surface area (Å²) >= 11 is 0. The summed E-state index contributed by atoms with van der Waals surface area (Å²) in [6.07, 6.45) is 0.259. The van der Waals surface area contributed by atoms with Gasteiger partial charge in [0.15, 0.2) is 17.3 Å². The van der Waals surface area contributed by atoms with Crippen LogP contribution in [-0.4, -0.2) is 43.6 Å². The third-order valence-corrected chi connectivity index (χ3v) is 7.26. The SMILES string of the molecule is COc1ccc(CC(=O)C(C)N(CCC(c2ccccc2)c2ccccc2)C(=O)OCc2ccccc2)cc1OC. The van der Waals surface area contributed by atoms with E-state index < -0.39 is 12.1 Å². The number of rotatable bonds is 13. The van der Waals surface area contributed by atoms with Crippen LogP contribution in [0.5, 0.6) is 11.5 Å². The quantitative estimate of drug-likeness (QED) is 0.178. The minimum absolute atomic E-state index is 0.0509. The van der Waals surface area contributed by atoms with Crippen LogP contribution in [0.2, 0.25) is 0 Å². The van der Waals surface area contributed by atoms with Crippen molar-refractivity contribution in [3.05, 3.63) is 131 Å². The molecule has 0 aliphatic heterocycles. The van der Waals surface area contributed by atoms with Gasteiger partial charge in [-0.3, -0.25) is 9.69 Å². The summed E-state index contributed by atoms with van der Waals surface area (Å²) in [6, 6.07) is 34.7. The number of Topliss-reactive ketones (excluding diaryl/α,β-unsaturated/α-hetero) is 1. The molecule has 4 rings (SSSR count). The molecular formula is C35H37NO5. The molecule has 0 bridgehead atoms. The van der Waals surface area contributed by atoms with E-state index >= 15 is 0 Å². The molecule has 0 radical (unpaired) electrons. The van der Waals surface area contributed by atoms with E-state index in [4.69, 9.17) is 14.2 Å². The molecule has 41 heavy (non-hydrogen) atoms. The predicted molar refractivity (Wildman–Crippen MR) is 160 cm³/mol. The fourth-order valence-corrected chi connectivity index (χ4v) is 4.92. The molecule has 4 aromatic carbocycles. The van der Waals surface area contributed by atoms with E-state index in [1.54, 1.807) is 38.2 Å². The maximum Gasteiger partial charge on any atom is 0.410 e. The molecule has 212 valence electrons. The number of carbonyl (C=O) groups is 2. The Labute approximate surface area is 242 Å². The normalized spacial score (nSPS) is 11.5. The van der Waals surface area contributed by atoms with Gasteiger partial charge >= 0.3 is 6.09 Å². The van der Waals surface area contributed by atoms with E-state index in [1.165, 1.54) is 0 Å². The number of hydrogen-bond donors (Lipinski definition) is 0. The molecule has 0 saturated carbocycles. The zero-order chi connectivity index (χ0) is 29.0. The van der Waals surface area contributed by atoms with Crippen molar-refractivity contribution in [2.75, 3.05) is 20.8 Å². The molecule has 0 aliphatic rings. The molecule has 4 aromatic rings. The lowest BCUT2D eigenvalue weighted by atomic mass is 9.88. The van der Waals surface area contributed by atoms with Gasteiger partial charge in [-0.05, 0) is 47.7 Å². The van der Waals surface area contributed by atoms with Crippen LogP contribution >= 0.6 is 0 Å². The van der Waals surface area contributed by atoms with Gasteiger partial charge < -0.3 is 14.2 Å². The van der Waals surface area contributed by atoms with E-state index in [-0.39, 0.29) is 24.7 Å². The highest BCUT2D eigenvalue weighted by atomic mass is 16.6. The summed E-state index contributed by atoms with van der Waals surface area (Å²) in [6.45, 7) is 2.25. The lowest BCUT2D eigenvalue weighted by Gasteiger charge is -2.30. The molecule has 0 fully saturated rings. The summed E-state index contributed by atoms with van der Waals surface area (Å²) in [4.78, 5) is 28.6. The largest absolute Gasteiger partial charge is 0.493 e. The van der Waals surface area contributed by atoms with Gasteiger partial charge in [-0.15, -0.1) is 0 Å². The van der Waals surface area contributed by atoms with E-state index in [1.807, 2.05) is 72.8 Å². The van der Waals surface area contributed by atoms with Crippen LogP contribution in [0.3, 0.4) is 0 Å². The highest BCUT2D eigenvalue weighted by Gasteiger charge is 2.29. The smallest absolute Gasteiger partial charge is 0.410 e. The molecule has 0 saturated heterocycles. The van der Waals surface area contributed by atoms with Crippen LogP contribution in [0.15, 0.2) is 109 Å². The Kier molecular flexibility index (Phi) is 10.5. The zero-order valence-electron chi connectivity index (χ0n) is 23.9. The summed E-state index contributed by atoms with van der Waals surface area (Å²) in [5, 5.41) is 0. The van der Waals surface area contributed by atoms with Crippen LogP contribution in [0.4, 0.5) is 4.79 Å². The van der Waals surface area contributed by atoms with E-state index in [2.05, 4.69) is 24.3 Å². The van der Waals surface area contributed by atoms with Crippen LogP contribution < -0.4 is 9.47 Å². The van der Waals surface area contributed by atoms with Gasteiger partial charge in [0.05, 0.1) is 20.3 Å². The third kappa shape index (κ3) is 7.98. The van der Waals surface area contributed by atoms with Gasteiger partial charge in [-0.25, -0.2) is 4.79 Å². The second kappa shape index (κ2) is 14.7. The predicted octanol–water partition coefficient (Wildman–Crippen LogP) is 7.06. The van der Waals surface area contributed by atoms with Crippen LogP contribution in [0, 0.1) is 0 Å². The second-order valence-corrected chi connectivity index (χ2v) is 9.90. The summed E-state index contributed by atoms with van der Waals surface area (Å²) in [7, 11) is 3.13. The van der Waals surface area contributed by atoms with Crippen molar-refractivity contribution in [1.29, 1.82) is 0 Å². The summed E-state index contributed by atoms with van der Waals surface area (Å²) in [5.41, 5.74) is 3.97. The fraction of sp³-hybridized carbons (Fsp3) is 0.257. The van der Waals surface area contributed by atoms with Gasteiger partial charge in [-0.1, -0.05) is 97.1 Å². The maximum absolute atomic E-state index is 13.5. The molecule has 0 N–H and O–H groups in total. The van der Waals surface area contributed by atoms with Crippen LogP contribution in [-0.2, 0) is 22.6 Å². The number of amides is 1. The monoisotopic (exact) mass is 551 g/mol. The number of nitrogens with zero attached hydrogens (tertiary/aromatic N) is 1. The van der Waals surface area contributed by atoms with E-state index in [0.29, 0.717) is 24.5 Å². The first-order valence-electron chi connectivity index (χ1n) is 13.8. The number of hydrogen-bond acceptors (Lipinski definition) is 5. The molecule has 1 unspecified atom stereocenters. The van der Waals surface area contributed by atoms with Crippen molar-refractivity contribution in [2.24, 2.45) is 0 Å². The van der Waals surface area contributed by atoms with Crippen molar-refractivity contribution in [3.63, 3.8) is 0 Å². The molecular weight excluding hydrogens is 514 g/mol. The molecule has 1 amide bonds. The minimum atomic E-state index is -0.696. The summed E-state index contributed by atoms with van der Waals surface area (Å²) in [5.74, 6) is 1.11. The molecule has 1 atom stereocenters. The second-order valence-electron chi connectivity index (χ2n) is 9.90. The van der Waals surface area contributed by atoms with Crippen molar-refractivity contribution in [1.82, 2.24) is 4.90 Å². The number of benzene rings is 4. The summed E-state index contributed by atoms with van der Waals surface area (Å²) < 4.78 is 16.5. The van der Waals surface area contributed by atoms with E-state index in [9.17, 15) is 9.59 Å². The van der Waals surface area contributed by atoms with E-state index in [0.717, 1.165) is 22.3 Å². The van der Waals surface area contributed by atoms with Crippen molar-refractivity contribution >= 4 is 11.9 Å². The highest BCUT2D eigenvalue weighted by Crippen LogP contribution is 2.30. The lowest BCUT2D eigenvalue weighted by Crippen LogP contribution is -2.45. The standard InChI is InChI=1S/C35H37NO5/c1-26(32(37)23-28-19-20-33(39-2)34(24-28)40-3)36(35(38)41-25-27-13-7-4-8-14-27)22-21-31(29-15-9-5-10-16-29)30-17-11-6-12-18-30/h4-20,24,26,31H,21-23,25H2,1-3H3. The molecule has 0 aromatic heterocycles. The molecule has 6 nitrogen and oxygen atoms in total. The van der Waals surface area contributed by atoms with Gasteiger partial charge in [0, 0.05) is 18.9 Å². The van der Waals surface area contributed by atoms with Gasteiger partial charge in [0.25, 0.3) is 0 Å². The fourth-order valence-electron chi connectivity index (χ4n) is 4.92. The highest BCUT2D eigenvalue weighted by molar-refractivity contribution is 5.88. The van der Waals surface area contributed by atoms with Gasteiger partial charge in [0.1, 0.15) is 6.61 Å². The average Bonchev–Trinajstić information content (AvgIpc) is 3.03. The number of ketones is 1. The molecule has 0 aliphatic carbocycles. The van der Waals surface area contributed by atoms with Gasteiger partial charge in [0.2, 0.25) is 0 Å². The number of carbonyl (C=O) groups excluding carboxylic acids is 2. The zero-order valence-corrected chi connectivity index (χ0v) is 23.9. The first-order valence-corrected chi connectivity index (χ1v) is 13.8. The first-order chi connectivity index (χ1) is 20.0. The van der Waals surface area contributed by atoms with Crippen molar-refractivity contribution in [3.8, 4) is 11.5 Å².